The van der Waals surface area contributed by atoms with Gasteiger partial charge in [0, 0.05) is 23.7 Å². The van der Waals surface area contributed by atoms with Gasteiger partial charge in [-0.1, -0.05) is 48.5 Å². The van der Waals surface area contributed by atoms with E-state index in [9.17, 15) is 18.8 Å². The lowest BCUT2D eigenvalue weighted by Crippen LogP contribution is -2.46. The lowest BCUT2D eigenvalue weighted by molar-refractivity contribution is -0.121. The molecule has 0 unspecified atom stereocenters. The highest BCUT2D eigenvalue weighted by Crippen LogP contribution is 2.30. The smallest absolute Gasteiger partial charge is 0.333 e. The summed E-state index contributed by atoms with van der Waals surface area (Å²) in [6.45, 7) is 0.418. The van der Waals surface area contributed by atoms with Crippen molar-refractivity contribution in [2.45, 2.75) is 69.7 Å². The first-order valence-corrected chi connectivity index (χ1v) is 16.1. The summed E-state index contributed by atoms with van der Waals surface area (Å²) in [7, 11) is 0. The van der Waals surface area contributed by atoms with E-state index < -0.39 is 11.4 Å². The van der Waals surface area contributed by atoms with Crippen LogP contribution in [0, 0.1) is 5.82 Å². The fraction of sp³-hybridized carbons (Fsp3) is 0.394. The molecule has 10 heteroatoms. The summed E-state index contributed by atoms with van der Waals surface area (Å²) in [6, 6.07) is 18.2. The molecule has 1 aliphatic carbocycles. The summed E-state index contributed by atoms with van der Waals surface area (Å²) in [6.07, 6.45) is 5.25. The van der Waals surface area contributed by atoms with Gasteiger partial charge in [-0.25, -0.2) is 14.2 Å². The second-order valence-corrected chi connectivity index (χ2v) is 12.6. The molecular weight excluding hydrogens is 567 g/mol. The van der Waals surface area contributed by atoms with Crippen LogP contribution in [-0.4, -0.2) is 37.6 Å². The van der Waals surface area contributed by atoms with E-state index in [0.29, 0.717) is 38.0 Å². The minimum Gasteiger partial charge on any atom is -0.489 e. The Labute approximate surface area is 253 Å². The van der Waals surface area contributed by atoms with E-state index in [1.54, 1.807) is 4.57 Å². The van der Waals surface area contributed by atoms with Crippen molar-refractivity contribution in [1.82, 2.24) is 19.4 Å². The predicted molar refractivity (Wildman–Crippen MR) is 166 cm³/mol. The standard InChI is InChI=1S/C33H35FN4O4S/c34-24-19-28-31(35-20-24)37(27-14-16-43-17-15-27)33(41)38(32(28)40)26-12-10-25(11-13-26)36-30(39)18-23-8-4-5-9-29(23)42-21-22-6-2-1-3-7-22/h1-9,19-20,25-27H,10-18,21H2,(H,36,39). The number of nitrogens with one attached hydrogen (secondary N) is 1. The Balaban J connectivity index is 1.13. The number of hydrogen-bond acceptors (Lipinski definition) is 6. The highest BCUT2D eigenvalue weighted by Gasteiger charge is 2.29. The molecule has 0 bridgehead atoms. The first kappa shape index (κ1) is 29.2. The summed E-state index contributed by atoms with van der Waals surface area (Å²) >= 11 is 1.84. The molecule has 1 saturated heterocycles. The number of halogens is 1. The zero-order chi connectivity index (χ0) is 29.8. The Morgan fingerprint density at radius 2 is 1.63 bits per heavy atom. The van der Waals surface area contributed by atoms with Crippen LogP contribution in [0.5, 0.6) is 5.75 Å². The second kappa shape index (κ2) is 13.2. The van der Waals surface area contributed by atoms with E-state index in [2.05, 4.69) is 10.3 Å². The number of ether oxygens (including phenoxy) is 1. The van der Waals surface area contributed by atoms with Crippen LogP contribution in [-0.2, 0) is 17.8 Å². The van der Waals surface area contributed by atoms with Crippen molar-refractivity contribution >= 4 is 28.7 Å². The third-order valence-electron chi connectivity index (χ3n) is 8.47. The molecule has 1 aliphatic heterocycles. The molecule has 3 heterocycles. The minimum atomic E-state index is -0.598. The topological polar surface area (TPSA) is 95.2 Å². The number of benzene rings is 2. The molecule has 1 amide bonds. The quantitative estimate of drug-likeness (QED) is 0.299. The summed E-state index contributed by atoms with van der Waals surface area (Å²) in [4.78, 5) is 44.6. The second-order valence-electron chi connectivity index (χ2n) is 11.3. The number of aromatic nitrogens is 3. The van der Waals surface area contributed by atoms with Crippen molar-refractivity contribution in [1.29, 1.82) is 0 Å². The number of hydrogen-bond donors (Lipinski definition) is 1. The van der Waals surface area contributed by atoms with Gasteiger partial charge >= 0.3 is 5.69 Å². The molecular formula is C33H35FN4O4S. The van der Waals surface area contributed by atoms with Crippen LogP contribution in [0.1, 0.15) is 61.7 Å². The van der Waals surface area contributed by atoms with E-state index in [-0.39, 0.29) is 47.2 Å². The summed E-state index contributed by atoms with van der Waals surface area (Å²) in [5, 5.41) is 3.28. The molecule has 2 aromatic heterocycles. The fourth-order valence-electron chi connectivity index (χ4n) is 6.26. The van der Waals surface area contributed by atoms with Crippen LogP contribution in [0.3, 0.4) is 0 Å². The monoisotopic (exact) mass is 602 g/mol. The Morgan fingerprint density at radius 1 is 0.930 bits per heavy atom. The largest absolute Gasteiger partial charge is 0.489 e. The van der Waals surface area contributed by atoms with E-state index in [4.69, 9.17) is 4.74 Å². The molecule has 2 fully saturated rings. The zero-order valence-corrected chi connectivity index (χ0v) is 24.7. The van der Waals surface area contributed by atoms with E-state index in [1.807, 2.05) is 66.4 Å². The maximum absolute atomic E-state index is 14.2. The number of pyridine rings is 1. The molecule has 1 saturated carbocycles. The molecule has 0 radical (unpaired) electrons. The SMILES string of the molecule is O=C(Cc1ccccc1OCc1ccccc1)NC1CCC(n2c(=O)c3cc(F)cnc3n(C3CCSCC3)c2=O)CC1. The molecule has 4 aromatic rings. The van der Waals surface area contributed by atoms with Gasteiger partial charge < -0.3 is 10.1 Å². The normalized spacial score (nSPS) is 19.3. The van der Waals surface area contributed by atoms with Crippen molar-refractivity contribution in [3.05, 3.63) is 105 Å². The van der Waals surface area contributed by atoms with Gasteiger partial charge in [-0.2, -0.15) is 11.8 Å². The lowest BCUT2D eigenvalue weighted by Gasteiger charge is -2.31. The first-order valence-electron chi connectivity index (χ1n) is 14.9. The Morgan fingerprint density at radius 3 is 2.40 bits per heavy atom. The first-order chi connectivity index (χ1) is 21.0. The number of rotatable bonds is 8. The molecule has 43 heavy (non-hydrogen) atoms. The highest BCUT2D eigenvalue weighted by molar-refractivity contribution is 7.99. The lowest BCUT2D eigenvalue weighted by atomic mass is 9.90. The Kier molecular flexibility index (Phi) is 8.92. The number of nitrogens with zero attached hydrogens (tertiary/aromatic N) is 3. The summed E-state index contributed by atoms with van der Waals surface area (Å²) in [5.41, 5.74) is 1.27. The third-order valence-corrected chi connectivity index (χ3v) is 9.52. The number of thioether (sulfide) groups is 1. The van der Waals surface area contributed by atoms with Gasteiger partial charge in [0.2, 0.25) is 5.91 Å². The van der Waals surface area contributed by atoms with Gasteiger partial charge in [-0.05, 0) is 67.7 Å². The zero-order valence-electron chi connectivity index (χ0n) is 23.9. The van der Waals surface area contributed by atoms with Crippen LogP contribution in [0.15, 0.2) is 76.4 Å². The fourth-order valence-corrected chi connectivity index (χ4v) is 7.34. The maximum atomic E-state index is 14.2. The van der Waals surface area contributed by atoms with Gasteiger partial charge in [0.25, 0.3) is 5.56 Å². The van der Waals surface area contributed by atoms with Gasteiger partial charge in [0.1, 0.15) is 23.8 Å². The van der Waals surface area contributed by atoms with Crippen LogP contribution >= 0.6 is 11.8 Å². The number of carbonyl (C=O) groups is 1. The van der Waals surface area contributed by atoms with Crippen LogP contribution in [0.4, 0.5) is 4.39 Å². The molecule has 224 valence electrons. The van der Waals surface area contributed by atoms with Crippen molar-refractivity contribution in [2.75, 3.05) is 11.5 Å². The molecule has 6 rings (SSSR count). The third kappa shape index (κ3) is 6.54. The number of para-hydroxylation sites is 1. The molecule has 1 N–H and O–H groups in total. The molecule has 8 nitrogen and oxygen atoms in total. The van der Waals surface area contributed by atoms with Crippen molar-refractivity contribution < 1.29 is 13.9 Å². The van der Waals surface area contributed by atoms with Crippen LogP contribution in [0.25, 0.3) is 11.0 Å². The number of carbonyl (C=O) groups excluding carboxylic acids is 1. The number of fused-ring (bicyclic) bond motifs is 1. The van der Waals surface area contributed by atoms with Crippen molar-refractivity contribution in [3.8, 4) is 5.75 Å². The van der Waals surface area contributed by atoms with E-state index >= 15 is 0 Å². The number of amides is 1. The average Bonchev–Trinajstić information content (AvgIpc) is 3.03. The van der Waals surface area contributed by atoms with Gasteiger partial charge in [0.05, 0.1) is 18.0 Å². The van der Waals surface area contributed by atoms with E-state index in [0.717, 1.165) is 41.7 Å². The molecule has 0 spiro atoms. The van der Waals surface area contributed by atoms with E-state index in [1.165, 1.54) is 10.6 Å². The predicted octanol–water partition coefficient (Wildman–Crippen LogP) is 5.19. The van der Waals surface area contributed by atoms with Crippen molar-refractivity contribution in [2.24, 2.45) is 0 Å². The van der Waals surface area contributed by atoms with Gasteiger partial charge in [-0.15, -0.1) is 0 Å². The summed E-state index contributed by atoms with van der Waals surface area (Å²) in [5.74, 6) is 1.83. The van der Waals surface area contributed by atoms with Gasteiger partial charge in [0.15, 0.2) is 0 Å². The summed E-state index contributed by atoms with van der Waals surface area (Å²) < 4.78 is 23.2. The maximum Gasteiger partial charge on any atom is 0.333 e. The van der Waals surface area contributed by atoms with Crippen LogP contribution < -0.4 is 21.3 Å². The molecule has 0 atom stereocenters. The highest BCUT2D eigenvalue weighted by atomic mass is 32.2. The molecule has 2 aliphatic rings. The minimum absolute atomic E-state index is 0.0611. The van der Waals surface area contributed by atoms with Crippen LogP contribution in [0.2, 0.25) is 0 Å². The van der Waals surface area contributed by atoms with Crippen molar-refractivity contribution in [3.63, 3.8) is 0 Å². The van der Waals surface area contributed by atoms with Gasteiger partial charge in [-0.3, -0.25) is 18.7 Å². The Bertz CT molecular complexity index is 1710. The molecule has 2 aromatic carbocycles. The Hall–Kier alpha value is -3.92. The average molecular weight is 603 g/mol.